The first-order chi connectivity index (χ1) is 17.5. The molecule has 0 fully saturated rings. The van der Waals surface area contributed by atoms with Gasteiger partial charge in [-0.25, -0.2) is 0 Å². The first-order valence-electron chi connectivity index (χ1n) is 12.6. The molecular formula is C27H36N3O6P. The molecule has 200 valence electrons. The van der Waals surface area contributed by atoms with Gasteiger partial charge >= 0.3 is 0 Å². The molecule has 0 spiro atoms. The summed E-state index contributed by atoms with van der Waals surface area (Å²) in [5, 5.41) is 6.60. The molecule has 1 heterocycles. The van der Waals surface area contributed by atoms with Gasteiger partial charge < -0.3 is 15.5 Å². The Balaban J connectivity index is 1.95. The average Bonchev–Trinajstić information content (AvgIpc) is 2.84. The van der Waals surface area contributed by atoms with E-state index in [1.807, 2.05) is 27.7 Å². The summed E-state index contributed by atoms with van der Waals surface area (Å²) < 4.78 is 12.7. The number of amides is 4. The van der Waals surface area contributed by atoms with Gasteiger partial charge in [-0.3, -0.25) is 28.6 Å². The fourth-order valence-corrected chi connectivity index (χ4v) is 5.91. The Hall–Kier alpha value is -3.03. The van der Waals surface area contributed by atoms with Crippen molar-refractivity contribution in [3.8, 4) is 0 Å². The molecule has 2 aromatic rings. The minimum absolute atomic E-state index is 0.0446. The van der Waals surface area contributed by atoms with Crippen molar-refractivity contribution in [3.63, 3.8) is 0 Å². The van der Waals surface area contributed by atoms with Crippen molar-refractivity contribution in [2.75, 3.05) is 7.05 Å². The minimum Gasteiger partial charge on any atom is -0.357 e. The summed E-state index contributed by atoms with van der Waals surface area (Å²) in [4.78, 5) is 63.9. The van der Waals surface area contributed by atoms with Gasteiger partial charge in [0.15, 0.2) is 0 Å². The molecule has 0 aromatic heterocycles. The molecule has 0 saturated carbocycles. The first-order valence-corrected chi connectivity index (χ1v) is 14.0. The molecule has 3 rings (SSSR count). The van der Waals surface area contributed by atoms with Crippen molar-refractivity contribution < 1.29 is 28.6 Å². The molecule has 4 amide bonds. The predicted molar refractivity (Wildman–Crippen MR) is 142 cm³/mol. The Morgan fingerprint density at radius 2 is 1.43 bits per heavy atom. The molecule has 1 aliphatic heterocycles. The predicted octanol–water partition coefficient (Wildman–Crippen LogP) is 3.56. The van der Waals surface area contributed by atoms with Gasteiger partial charge in [-0.05, 0) is 48.6 Å². The van der Waals surface area contributed by atoms with E-state index in [0.717, 1.165) is 10.3 Å². The Bertz CT molecular complexity index is 1180. The van der Waals surface area contributed by atoms with E-state index in [9.17, 15) is 28.6 Å². The number of hydrogen-bond acceptors (Lipinski definition) is 5. The molecule has 0 aliphatic carbocycles. The molecule has 3 unspecified atom stereocenters. The maximum absolute atomic E-state index is 13.5. The SMILES string of the molecule is CNC(=O)[C@H](CC(C)C)NC(=O)C(CC(C)C)CC(N1C(=O)c2cccc3cccc(c23)C1=O)[PH](=O)O. The molecule has 4 atom stereocenters. The molecule has 37 heavy (non-hydrogen) atoms. The lowest BCUT2D eigenvalue weighted by Crippen LogP contribution is -2.50. The third-order valence-corrected chi connectivity index (χ3v) is 7.68. The van der Waals surface area contributed by atoms with E-state index in [0.29, 0.717) is 18.2 Å². The van der Waals surface area contributed by atoms with Crippen LogP contribution in [0.4, 0.5) is 0 Å². The summed E-state index contributed by atoms with van der Waals surface area (Å²) >= 11 is 0. The number of carbonyl (C=O) groups is 4. The van der Waals surface area contributed by atoms with E-state index in [4.69, 9.17) is 0 Å². The average molecular weight is 530 g/mol. The first kappa shape index (κ1) is 28.5. The summed E-state index contributed by atoms with van der Waals surface area (Å²) in [5.74, 6) is -4.07. The monoisotopic (exact) mass is 529 g/mol. The summed E-state index contributed by atoms with van der Waals surface area (Å²) in [5.41, 5.74) is 0.560. The highest BCUT2D eigenvalue weighted by Crippen LogP contribution is 2.39. The highest BCUT2D eigenvalue weighted by Gasteiger charge is 2.41. The van der Waals surface area contributed by atoms with Crippen LogP contribution in [0, 0.1) is 17.8 Å². The number of rotatable bonds is 11. The van der Waals surface area contributed by atoms with Crippen LogP contribution in [0.1, 0.15) is 67.7 Å². The molecule has 0 saturated heterocycles. The van der Waals surface area contributed by atoms with Gasteiger partial charge in [-0.1, -0.05) is 52.0 Å². The fourth-order valence-electron chi connectivity index (χ4n) is 4.96. The number of nitrogens with zero attached hydrogens (tertiary/aromatic N) is 1. The number of hydrogen-bond donors (Lipinski definition) is 3. The third kappa shape index (κ3) is 6.28. The molecule has 10 heteroatoms. The van der Waals surface area contributed by atoms with Crippen LogP contribution in [0.15, 0.2) is 36.4 Å². The zero-order valence-corrected chi connectivity index (χ0v) is 22.9. The lowest BCUT2D eigenvalue weighted by molar-refractivity contribution is -0.131. The summed E-state index contributed by atoms with van der Waals surface area (Å²) in [6, 6.07) is 9.43. The zero-order valence-electron chi connectivity index (χ0n) is 21.9. The Kier molecular flexibility index (Phi) is 9.26. The molecule has 3 N–H and O–H groups in total. The lowest BCUT2D eigenvalue weighted by Gasteiger charge is -2.34. The summed E-state index contributed by atoms with van der Waals surface area (Å²) in [6.07, 6.45) is 0.585. The van der Waals surface area contributed by atoms with Gasteiger partial charge in [0.25, 0.3) is 11.8 Å². The Morgan fingerprint density at radius 1 is 0.892 bits per heavy atom. The molecular weight excluding hydrogens is 493 g/mol. The highest BCUT2D eigenvalue weighted by atomic mass is 31.1. The second-order valence-corrected chi connectivity index (χ2v) is 11.8. The topological polar surface area (TPSA) is 133 Å². The number of nitrogens with one attached hydrogen (secondary N) is 2. The maximum Gasteiger partial charge on any atom is 0.262 e. The van der Waals surface area contributed by atoms with Crippen LogP contribution in [-0.4, -0.2) is 52.3 Å². The van der Waals surface area contributed by atoms with E-state index in [-0.39, 0.29) is 35.3 Å². The van der Waals surface area contributed by atoms with Crippen LogP contribution in [0.3, 0.4) is 0 Å². The summed E-state index contributed by atoms with van der Waals surface area (Å²) in [6.45, 7) is 7.70. The minimum atomic E-state index is -3.46. The quantitative estimate of drug-likeness (QED) is 0.301. The van der Waals surface area contributed by atoms with Crippen LogP contribution in [0.5, 0.6) is 0 Å². The second kappa shape index (κ2) is 12.0. The Labute approximate surface area is 217 Å². The van der Waals surface area contributed by atoms with Crippen molar-refractivity contribution in [3.05, 3.63) is 47.5 Å². The van der Waals surface area contributed by atoms with Crippen molar-refractivity contribution >= 4 is 42.4 Å². The van der Waals surface area contributed by atoms with Crippen LogP contribution < -0.4 is 10.6 Å². The molecule has 0 radical (unpaired) electrons. The van der Waals surface area contributed by atoms with Crippen molar-refractivity contribution in [2.45, 2.75) is 58.8 Å². The third-order valence-electron chi connectivity index (χ3n) is 6.62. The zero-order chi connectivity index (χ0) is 27.4. The van der Waals surface area contributed by atoms with Gasteiger partial charge in [0, 0.05) is 29.5 Å². The standard InChI is InChI=1S/C27H36N3O6P/c1-15(2)12-18(24(31)29-21(13-16(3)4)25(32)28-5)14-22(37(35)36)30-26(33)19-10-6-8-17-9-7-11-20(23(17)19)27(30)34/h6-11,15-16,18,21-22,37H,12-14H2,1-5H3,(H,28,32)(H,29,31)(H,35,36)/t18?,21-,22?/m0/s1. The Morgan fingerprint density at radius 3 is 1.89 bits per heavy atom. The van der Waals surface area contributed by atoms with E-state index in [2.05, 4.69) is 10.6 Å². The number of likely N-dealkylation sites (N-methyl/N-ethyl adjacent to an activating group) is 1. The van der Waals surface area contributed by atoms with Crippen LogP contribution in [0.25, 0.3) is 10.8 Å². The van der Waals surface area contributed by atoms with Crippen molar-refractivity contribution in [2.24, 2.45) is 17.8 Å². The van der Waals surface area contributed by atoms with Gasteiger partial charge in [0.2, 0.25) is 19.8 Å². The molecule has 2 aromatic carbocycles. The molecule has 0 bridgehead atoms. The highest BCUT2D eigenvalue weighted by molar-refractivity contribution is 7.38. The summed E-state index contributed by atoms with van der Waals surface area (Å²) in [7, 11) is -1.97. The lowest BCUT2D eigenvalue weighted by atomic mass is 9.90. The van der Waals surface area contributed by atoms with Gasteiger partial charge in [-0.2, -0.15) is 0 Å². The smallest absolute Gasteiger partial charge is 0.262 e. The van der Waals surface area contributed by atoms with E-state index in [1.165, 1.54) is 7.05 Å². The van der Waals surface area contributed by atoms with Gasteiger partial charge in [0.05, 0.1) is 0 Å². The van der Waals surface area contributed by atoms with E-state index in [1.54, 1.807) is 36.4 Å². The number of carbonyl (C=O) groups excluding carboxylic acids is 4. The van der Waals surface area contributed by atoms with Gasteiger partial charge in [0.1, 0.15) is 11.8 Å². The van der Waals surface area contributed by atoms with Crippen molar-refractivity contribution in [1.29, 1.82) is 0 Å². The van der Waals surface area contributed by atoms with Crippen LogP contribution in [0.2, 0.25) is 0 Å². The van der Waals surface area contributed by atoms with E-state index < -0.39 is 43.5 Å². The maximum atomic E-state index is 13.5. The van der Waals surface area contributed by atoms with Gasteiger partial charge in [-0.15, -0.1) is 0 Å². The molecule has 1 aliphatic rings. The molecule has 9 nitrogen and oxygen atoms in total. The van der Waals surface area contributed by atoms with Crippen molar-refractivity contribution in [1.82, 2.24) is 15.5 Å². The van der Waals surface area contributed by atoms with Crippen LogP contribution >= 0.6 is 8.03 Å². The number of benzene rings is 2. The normalized spacial score (nSPS) is 16.6. The van der Waals surface area contributed by atoms with Crippen LogP contribution in [-0.2, 0) is 14.2 Å². The fraction of sp³-hybridized carbons (Fsp3) is 0.481. The second-order valence-electron chi connectivity index (χ2n) is 10.4. The largest absolute Gasteiger partial charge is 0.357 e. The number of imide groups is 1. The van der Waals surface area contributed by atoms with E-state index >= 15 is 0 Å².